The summed E-state index contributed by atoms with van der Waals surface area (Å²) in [5, 5.41) is 4.83. The number of amides is 1. The van der Waals surface area contributed by atoms with Crippen molar-refractivity contribution in [3.63, 3.8) is 0 Å². The highest BCUT2D eigenvalue weighted by atomic mass is 16.1. The molecule has 1 amide bonds. The molecular weight excluding hydrogens is 250 g/mol. The number of rotatable bonds is 2. The van der Waals surface area contributed by atoms with Gasteiger partial charge in [-0.15, -0.1) is 0 Å². The van der Waals surface area contributed by atoms with E-state index in [0.29, 0.717) is 17.3 Å². The van der Waals surface area contributed by atoms with Crippen LogP contribution in [0.3, 0.4) is 0 Å². The average molecular weight is 269 g/mol. The first-order valence-electron chi connectivity index (χ1n) is 7.11. The Balaban J connectivity index is 1.94. The lowest BCUT2D eigenvalue weighted by Crippen LogP contribution is -2.36. The van der Waals surface area contributed by atoms with Gasteiger partial charge in [-0.05, 0) is 24.1 Å². The number of anilines is 1. The van der Waals surface area contributed by atoms with Gasteiger partial charge in [-0.2, -0.15) is 0 Å². The van der Waals surface area contributed by atoms with E-state index in [0.717, 1.165) is 17.2 Å². The molecule has 1 aliphatic rings. The van der Waals surface area contributed by atoms with Gasteiger partial charge in [0.1, 0.15) is 5.82 Å². The number of nitrogens with zero attached hydrogens (tertiary/aromatic N) is 1. The Morgan fingerprint density at radius 2 is 2.05 bits per heavy atom. The molecule has 20 heavy (non-hydrogen) atoms. The fourth-order valence-corrected chi connectivity index (χ4v) is 3.00. The summed E-state index contributed by atoms with van der Waals surface area (Å²) >= 11 is 0. The molecule has 1 heterocycles. The van der Waals surface area contributed by atoms with Crippen LogP contribution >= 0.6 is 0 Å². The maximum atomic E-state index is 12.5. The maximum absolute atomic E-state index is 12.5. The number of benzene rings is 1. The Morgan fingerprint density at radius 1 is 1.30 bits per heavy atom. The number of nitrogen functional groups attached to an aromatic ring is 1. The quantitative estimate of drug-likeness (QED) is 0.880. The van der Waals surface area contributed by atoms with Crippen LogP contribution in [0.4, 0.5) is 5.82 Å². The predicted molar refractivity (Wildman–Crippen MR) is 80.4 cm³/mol. The Bertz CT molecular complexity index is 653. The molecule has 2 atom stereocenters. The molecular formula is C16H19N3O. The van der Waals surface area contributed by atoms with E-state index in [-0.39, 0.29) is 11.9 Å². The third kappa shape index (κ3) is 2.22. The fraction of sp³-hybridized carbons (Fsp3) is 0.375. The van der Waals surface area contributed by atoms with Crippen LogP contribution in [0.15, 0.2) is 30.5 Å². The molecule has 2 unspecified atom stereocenters. The van der Waals surface area contributed by atoms with Crippen molar-refractivity contribution in [1.29, 1.82) is 0 Å². The van der Waals surface area contributed by atoms with Crippen LogP contribution in [-0.4, -0.2) is 16.9 Å². The molecule has 1 saturated carbocycles. The normalized spacial score (nSPS) is 22.1. The Hall–Kier alpha value is -2.10. The summed E-state index contributed by atoms with van der Waals surface area (Å²) in [5.41, 5.74) is 6.47. The summed E-state index contributed by atoms with van der Waals surface area (Å²) in [7, 11) is 0. The number of hydrogen-bond acceptors (Lipinski definition) is 3. The zero-order valence-corrected chi connectivity index (χ0v) is 11.6. The Labute approximate surface area is 118 Å². The largest absolute Gasteiger partial charge is 0.383 e. The molecule has 3 rings (SSSR count). The number of aromatic nitrogens is 1. The minimum atomic E-state index is -0.0487. The highest BCUT2D eigenvalue weighted by molar-refractivity contribution is 6.09. The van der Waals surface area contributed by atoms with Crippen LogP contribution in [0.5, 0.6) is 0 Å². The van der Waals surface area contributed by atoms with Crippen LogP contribution in [0.2, 0.25) is 0 Å². The molecule has 1 aromatic carbocycles. The van der Waals surface area contributed by atoms with Gasteiger partial charge in [-0.25, -0.2) is 4.98 Å². The molecule has 1 aromatic heterocycles. The maximum Gasteiger partial charge on any atom is 0.253 e. The van der Waals surface area contributed by atoms with Gasteiger partial charge < -0.3 is 11.1 Å². The molecule has 1 aliphatic carbocycles. The molecule has 0 spiro atoms. The van der Waals surface area contributed by atoms with Crippen molar-refractivity contribution in [3.8, 4) is 0 Å². The van der Waals surface area contributed by atoms with Crippen molar-refractivity contribution >= 4 is 22.5 Å². The fourth-order valence-electron chi connectivity index (χ4n) is 3.00. The zero-order valence-electron chi connectivity index (χ0n) is 11.6. The van der Waals surface area contributed by atoms with E-state index in [2.05, 4.69) is 17.2 Å². The first-order valence-corrected chi connectivity index (χ1v) is 7.11. The first kappa shape index (κ1) is 12.9. The number of carbonyl (C=O) groups is 1. The second-order valence-electron chi connectivity index (χ2n) is 5.59. The van der Waals surface area contributed by atoms with Gasteiger partial charge in [0.2, 0.25) is 0 Å². The predicted octanol–water partition coefficient (Wildman–Crippen LogP) is 2.74. The summed E-state index contributed by atoms with van der Waals surface area (Å²) in [5.74, 6) is 0.964. The second kappa shape index (κ2) is 5.12. The molecule has 2 aromatic rings. The van der Waals surface area contributed by atoms with Crippen LogP contribution in [0, 0.1) is 5.92 Å². The molecule has 1 fully saturated rings. The van der Waals surface area contributed by atoms with Gasteiger partial charge in [0.05, 0.1) is 5.56 Å². The lowest BCUT2D eigenvalue weighted by atomic mass is 10.0. The summed E-state index contributed by atoms with van der Waals surface area (Å²) in [6.07, 6.45) is 5.01. The number of pyridine rings is 1. The van der Waals surface area contributed by atoms with E-state index in [4.69, 9.17) is 5.73 Å². The number of fused-ring (bicyclic) bond motifs is 1. The van der Waals surface area contributed by atoms with Gasteiger partial charge in [-0.1, -0.05) is 37.6 Å². The summed E-state index contributed by atoms with van der Waals surface area (Å²) in [6.45, 7) is 2.19. The molecule has 3 N–H and O–H groups in total. The van der Waals surface area contributed by atoms with Gasteiger partial charge in [0.25, 0.3) is 5.91 Å². The zero-order chi connectivity index (χ0) is 14.1. The lowest BCUT2D eigenvalue weighted by Gasteiger charge is -2.18. The van der Waals surface area contributed by atoms with Crippen molar-refractivity contribution in [2.45, 2.75) is 32.2 Å². The summed E-state index contributed by atoms with van der Waals surface area (Å²) < 4.78 is 0. The van der Waals surface area contributed by atoms with Crippen LogP contribution < -0.4 is 11.1 Å². The van der Waals surface area contributed by atoms with Crippen molar-refractivity contribution < 1.29 is 4.79 Å². The van der Waals surface area contributed by atoms with Gasteiger partial charge in [-0.3, -0.25) is 4.79 Å². The van der Waals surface area contributed by atoms with Gasteiger partial charge >= 0.3 is 0 Å². The van der Waals surface area contributed by atoms with Gasteiger partial charge in [0, 0.05) is 17.6 Å². The minimum Gasteiger partial charge on any atom is -0.383 e. The highest BCUT2D eigenvalue weighted by Gasteiger charge is 2.25. The second-order valence-corrected chi connectivity index (χ2v) is 5.59. The summed E-state index contributed by atoms with van der Waals surface area (Å²) in [4.78, 5) is 16.6. The van der Waals surface area contributed by atoms with Crippen molar-refractivity contribution in [1.82, 2.24) is 10.3 Å². The smallest absolute Gasteiger partial charge is 0.253 e. The molecule has 0 radical (unpaired) electrons. The Kier molecular flexibility index (Phi) is 3.30. The van der Waals surface area contributed by atoms with Gasteiger partial charge in [0.15, 0.2) is 0 Å². The van der Waals surface area contributed by atoms with E-state index < -0.39 is 0 Å². The topological polar surface area (TPSA) is 68.0 Å². The molecule has 0 saturated heterocycles. The highest BCUT2D eigenvalue weighted by Crippen LogP contribution is 2.26. The number of hydrogen-bond donors (Lipinski definition) is 2. The van der Waals surface area contributed by atoms with E-state index in [1.54, 1.807) is 6.20 Å². The summed E-state index contributed by atoms with van der Waals surface area (Å²) in [6, 6.07) is 7.91. The Morgan fingerprint density at radius 3 is 2.75 bits per heavy atom. The first-order chi connectivity index (χ1) is 9.66. The van der Waals surface area contributed by atoms with E-state index in [1.165, 1.54) is 12.8 Å². The molecule has 4 heteroatoms. The lowest BCUT2D eigenvalue weighted by molar-refractivity contribution is 0.0931. The van der Waals surface area contributed by atoms with Crippen LogP contribution in [0.25, 0.3) is 10.8 Å². The SMILES string of the molecule is CC1CCCC1NC(=O)c1cnc(N)c2ccccc12. The van der Waals surface area contributed by atoms with Crippen molar-refractivity contribution in [3.05, 3.63) is 36.0 Å². The van der Waals surface area contributed by atoms with Crippen LogP contribution in [0.1, 0.15) is 36.5 Å². The van der Waals surface area contributed by atoms with Crippen molar-refractivity contribution in [2.24, 2.45) is 5.92 Å². The van der Waals surface area contributed by atoms with Crippen LogP contribution in [-0.2, 0) is 0 Å². The van der Waals surface area contributed by atoms with Crippen molar-refractivity contribution in [2.75, 3.05) is 5.73 Å². The van der Waals surface area contributed by atoms with E-state index in [1.807, 2.05) is 24.3 Å². The standard InChI is InChI=1S/C16H19N3O/c1-10-5-4-8-14(10)19-16(20)13-9-18-15(17)12-7-3-2-6-11(12)13/h2-3,6-7,9-10,14H,4-5,8H2,1H3,(H2,17,18)(H,19,20). The number of nitrogens with two attached hydrogens (primary N) is 1. The monoisotopic (exact) mass is 269 g/mol. The minimum absolute atomic E-state index is 0.0487. The molecule has 0 bridgehead atoms. The third-order valence-electron chi connectivity index (χ3n) is 4.25. The third-order valence-corrected chi connectivity index (χ3v) is 4.25. The number of nitrogens with one attached hydrogen (secondary N) is 1. The molecule has 4 nitrogen and oxygen atoms in total. The van der Waals surface area contributed by atoms with E-state index in [9.17, 15) is 4.79 Å². The van der Waals surface area contributed by atoms with E-state index >= 15 is 0 Å². The average Bonchev–Trinajstić information content (AvgIpc) is 2.85. The molecule has 0 aliphatic heterocycles. The molecule has 104 valence electrons. The number of carbonyl (C=O) groups excluding carboxylic acids is 1.